The number of amides is 1. The first-order chi connectivity index (χ1) is 9.15. The summed E-state index contributed by atoms with van der Waals surface area (Å²) in [5.74, 6) is 2.87. The van der Waals surface area contributed by atoms with Gasteiger partial charge in [-0.3, -0.25) is 4.79 Å². The molecule has 4 rings (SSSR count). The molecule has 1 amide bonds. The Morgan fingerprint density at radius 1 is 1.21 bits per heavy atom. The van der Waals surface area contributed by atoms with Crippen molar-refractivity contribution in [1.82, 2.24) is 5.32 Å². The minimum absolute atomic E-state index is 0.00321. The van der Waals surface area contributed by atoms with Crippen LogP contribution in [0.25, 0.3) is 0 Å². The molecule has 0 aromatic heterocycles. The Morgan fingerprint density at radius 3 is 2.16 bits per heavy atom. The second-order valence-corrected chi connectivity index (χ2v) is 7.35. The van der Waals surface area contributed by atoms with E-state index in [4.69, 9.17) is 5.73 Å². The van der Waals surface area contributed by atoms with E-state index in [0.717, 1.165) is 49.9 Å². The third-order valence-electron chi connectivity index (χ3n) is 5.86. The molecule has 4 aliphatic carbocycles. The van der Waals surface area contributed by atoms with Gasteiger partial charge in [0.05, 0.1) is 0 Å². The SMILES string of the molecule is CCC(CCN)NC(=O)C12CC3CC(CC(C3)C1)C2. The Hall–Kier alpha value is -0.570. The fourth-order valence-corrected chi connectivity index (χ4v) is 5.31. The molecule has 3 heteroatoms. The Kier molecular flexibility index (Phi) is 3.59. The predicted molar refractivity (Wildman–Crippen MR) is 76.5 cm³/mol. The summed E-state index contributed by atoms with van der Waals surface area (Å²) in [4.78, 5) is 12.8. The zero-order chi connectivity index (χ0) is 13.5. The molecule has 3 N–H and O–H groups in total. The van der Waals surface area contributed by atoms with Crippen molar-refractivity contribution in [2.75, 3.05) is 6.54 Å². The summed E-state index contributed by atoms with van der Waals surface area (Å²) in [6.45, 7) is 2.81. The normalized spacial score (nSPS) is 41.3. The van der Waals surface area contributed by atoms with Gasteiger partial charge < -0.3 is 11.1 Å². The van der Waals surface area contributed by atoms with Gasteiger partial charge in [0, 0.05) is 11.5 Å². The van der Waals surface area contributed by atoms with Gasteiger partial charge in [0.25, 0.3) is 0 Å². The van der Waals surface area contributed by atoms with Crippen LogP contribution in [-0.2, 0) is 4.79 Å². The lowest BCUT2D eigenvalue weighted by atomic mass is 9.49. The van der Waals surface area contributed by atoms with Crippen molar-refractivity contribution < 1.29 is 4.79 Å². The van der Waals surface area contributed by atoms with E-state index in [1.165, 1.54) is 19.3 Å². The van der Waals surface area contributed by atoms with E-state index in [-0.39, 0.29) is 11.5 Å². The molecule has 3 nitrogen and oxygen atoms in total. The van der Waals surface area contributed by atoms with Crippen LogP contribution in [-0.4, -0.2) is 18.5 Å². The molecular weight excluding hydrogens is 236 g/mol. The van der Waals surface area contributed by atoms with E-state index < -0.39 is 0 Å². The minimum Gasteiger partial charge on any atom is -0.353 e. The van der Waals surface area contributed by atoms with Gasteiger partial charge in [-0.1, -0.05) is 6.92 Å². The van der Waals surface area contributed by atoms with Crippen molar-refractivity contribution in [2.24, 2.45) is 28.9 Å². The molecule has 1 unspecified atom stereocenters. The average Bonchev–Trinajstić information content (AvgIpc) is 2.36. The first-order valence-corrected chi connectivity index (χ1v) is 8.16. The summed E-state index contributed by atoms with van der Waals surface area (Å²) in [5, 5.41) is 3.31. The van der Waals surface area contributed by atoms with Crippen LogP contribution < -0.4 is 11.1 Å². The van der Waals surface area contributed by atoms with Crippen LogP contribution >= 0.6 is 0 Å². The topological polar surface area (TPSA) is 55.1 Å². The molecule has 1 atom stereocenters. The van der Waals surface area contributed by atoms with E-state index in [2.05, 4.69) is 12.2 Å². The van der Waals surface area contributed by atoms with Crippen LogP contribution in [0.3, 0.4) is 0 Å². The predicted octanol–water partition coefficient (Wildman–Crippen LogP) is 2.45. The van der Waals surface area contributed by atoms with Crippen LogP contribution in [0.2, 0.25) is 0 Å². The zero-order valence-electron chi connectivity index (χ0n) is 12.2. The van der Waals surface area contributed by atoms with E-state index in [9.17, 15) is 4.79 Å². The highest BCUT2D eigenvalue weighted by molar-refractivity contribution is 5.83. The van der Waals surface area contributed by atoms with Gasteiger partial charge in [-0.25, -0.2) is 0 Å². The summed E-state index contributed by atoms with van der Waals surface area (Å²) in [5.41, 5.74) is 5.63. The third-order valence-corrected chi connectivity index (χ3v) is 5.86. The standard InChI is InChI=1S/C16H28N2O/c1-2-14(3-4-17)18-15(19)16-8-11-5-12(9-16)7-13(6-11)10-16/h11-14H,2-10,17H2,1H3,(H,18,19). The second kappa shape index (κ2) is 5.08. The molecule has 4 fully saturated rings. The van der Waals surface area contributed by atoms with Crippen LogP contribution in [0.15, 0.2) is 0 Å². The van der Waals surface area contributed by atoms with Gasteiger partial charge in [0.2, 0.25) is 5.91 Å². The van der Waals surface area contributed by atoms with E-state index in [0.29, 0.717) is 12.5 Å². The molecule has 0 aliphatic heterocycles. The molecule has 0 saturated heterocycles. The Labute approximate surface area is 116 Å². The van der Waals surface area contributed by atoms with Crippen molar-refractivity contribution in [2.45, 2.75) is 64.3 Å². The van der Waals surface area contributed by atoms with Crippen molar-refractivity contribution in [1.29, 1.82) is 0 Å². The first kappa shape index (κ1) is 13.4. The van der Waals surface area contributed by atoms with Crippen LogP contribution in [0.5, 0.6) is 0 Å². The average molecular weight is 264 g/mol. The molecule has 0 heterocycles. The lowest BCUT2D eigenvalue weighted by Gasteiger charge is -2.55. The molecule has 0 spiro atoms. The number of nitrogens with two attached hydrogens (primary N) is 1. The number of hydrogen-bond donors (Lipinski definition) is 2. The summed E-state index contributed by atoms with van der Waals surface area (Å²) < 4.78 is 0. The molecule has 0 aromatic rings. The lowest BCUT2D eigenvalue weighted by molar-refractivity contribution is -0.147. The van der Waals surface area contributed by atoms with E-state index in [1.807, 2.05) is 0 Å². The van der Waals surface area contributed by atoms with Gasteiger partial charge in [-0.05, 0) is 75.7 Å². The summed E-state index contributed by atoms with van der Waals surface area (Å²) in [6, 6.07) is 0.283. The van der Waals surface area contributed by atoms with Crippen molar-refractivity contribution in [3.8, 4) is 0 Å². The number of nitrogens with one attached hydrogen (secondary N) is 1. The monoisotopic (exact) mass is 264 g/mol. The van der Waals surface area contributed by atoms with E-state index in [1.54, 1.807) is 0 Å². The number of rotatable bonds is 5. The first-order valence-electron chi connectivity index (χ1n) is 8.16. The fourth-order valence-electron chi connectivity index (χ4n) is 5.31. The second-order valence-electron chi connectivity index (χ2n) is 7.35. The molecule has 0 radical (unpaired) electrons. The smallest absolute Gasteiger partial charge is 0.226 e. The minimum atomic E-state index is -0.00321. The van der Waals surface area contributed by atoms with Crippen molar-refractivity contribution in [3.63, 3.8) is 0 Å². The maximum absolute atomic E-state index is 12.8. The Balaban J connectivity index is 1.69. The molecule has 19 heavy (non-hydrogen) atoms. The van der Waals surface area contributed by atoms with E-state index >= 15 is 0 Å². The van der Waals surface area contributed by atoms with Crippen molar-refractivity contribution in [3.05, 3.63) is 0 Å². The molecule has 4 bridgehead atoms. The zero-order valence-corrected chi connectivity index (χ0v) is 12.2. The molecule has 4 aliphatic rings. The highest BCUT2D eigenvalue weighted by Crippen LogP contribution is 2.60. The maximum atomic E-state index is 12.8. The molecule has 4 saturated carbocycles. The molecular formula is C16H28N2O. The van der Waals surface area contributed by atoms with Gasteiger partial charge in [0.1, 0.15) is 0 Å². The quantitative estimate of drug-likeness (QED) is 0.801. The summed E-state index contributed by atoms with van der Waals surface area (Å²) >= 11 is 0. The van der Waals surface area contributed by atoms with Gasteiger partial charge >= 0.3 is 0 Å². The third kappa shape index (κ3) is 2.42. The highest BCUT2D eigenvalue weighted by Gasteiger charge is 2.54. The largest absolute Gasteiger partial charge is 0.353 e. The van der Waals surface area contributed by atoms with Gasteiger partial charge in [-0.15, -0.1) is 0 Å². The lowest BCUT2D eigenvalue weighted by Crippen LogP contribution is -2.55. The molecule has 0 aromatic carbocycles. The summed E-state index contributed by atoms with van der Waals surface area (Å²) in [6.07, 6.45) is 9.56. The number of carbonyl (C=O) groups excluding carboxylic acids is 1. The van der Waals surface area contributed by atoms with Crippen LogP contribution in [0.1, 0.15) is 58.3 Å². The summed E-state index contributed by atoms with van der Waals surface area (Å²) in [7, 11) is 0. The highest BCUT2D eigenvalue weighted by atomic mass is 16.2. The van der Waals surface area contributed by atoms with Crippen LogP contribution in [0, 0.1) is 23.2 Å². The number of hydrogen-bond acceptors (Lipinski definition) is 2. The fraction of sp³-hybridized carbons (Fsp3) is 0.938. The Bertz CT molecular complexity index is 317. The number of carbonyl (C=O) groups is 1. The molecule has 108 valence electrons. The van der Waals surface area contributed by atoms with Crippen molar-refractivity contribution >= 4 is 5.91 Å². The van der Waals surface area contributed by atoms with Gasteiger partial charge in [-0.2, -0.15) is 0 Å². The van der Waals surface area contributed by atoms with Gasteiger partial charge in [0.15, 0.2) is 0 Å². The maximum Gasteiger partial charge on any atom is 0.226 e. The van der Waals surface area contributed by atoms with Crippen LogP contribution in [0.4, 0.5) is 0 Å². The Morgan fingerprint density at radius 2 is 1.74 bits per heavy atom.